The van der Waals surface area contributed by atoms with Gasteiger partial charge in [-0.05, 0) is 55.5 Å². The fourth-order valence-electron chi connectivity index (χ4n) is 4.13. The Balaban J connectivity index is 1.51. The van der Waals surface area contributed by atoms with E-state index in [-0.39, 0.29) is 18.2 Å². The van der Waals surface area contributed by atoms with Gasteiger partial charge in [-0.25, -0.2) is 10.2 Å². The van der Waals surface area contributed by atoms with Gasteiger partial charge in [0.2, 0.25) is 0 Å². The number of rotatable bonds is 5. The van der Waals surface area contributed by atoms with Crippen LogP contribution in [0.15, 0.2) is 52.3 Å². The molecule has 160 valence electrons. The van der Waals surface area contributed by atoms with Crippen LogP contribution in [0.5, 0.6) is 0 Å². The zero-order chi connectivity index (χ0) is 20.9. The molecule has 1 amide bonds. The Morgan fingerprint density at radius 1 is 1.30 bits per heavy atom. The smallest absolute Gasteiger partial charge is 0.409 e. The van der Waals surface area contributed by atoms with Crippen molar-refractivity contribution in [1.29, 1.82) is 0 Å². The lowest BCUT2D eigenvalue weighted by Gasteiger charge is -2.32. The van der Waals surface area contributed by atoms with Gasteiger partial charge in [0.15, 0.2) is 0 Å². The lowest BCUT2D eigenvalue weighted by molar-refractivity contribution is 0.0956. The number of aliphatic imine (C=N–C) groups is 1. The Hall–Kier alpha value is -2.51. The lowest BCUT2D eigenvalue weighted by atomic mass is 9.91. The highest BCUT2D eigenvalue weighted by molar-refractivity contribution is 6.30. The van der Waals surface area contributed by atoms with Crippen LogP contribution in [0.3, 0.4) is 0 Å². The van der Waals surface area contributed by atoms with Gasteiger partial charge in [0, 0.05) is 42.5 Å². The molecule has 0 bridgehead atoms. The molecule has 1 atom stereocenters. The minimum atomic E-state index is -0.217. The minimum absolute atomic E-state index is 0.0298. The van der Waals surface area contributed by atoms with Crippen LogP contribution in [-0.2, 0) is 4.74 Å². The van der Waals surface area contributed by atoms with Gasteiger partial charge in [-0.1, -0.05) is 23.7 Å². The molecule has 0 saturated carbocycles. The number of nitrogens with one attached hydrogen (secondary N) is 3. The van der Waals surface area contributed by atoms with Crippen LogP contribution in [0.25, 0.3) is 0 Å². The number of piperidine rings is 1. The normalized spacial score (nSPS) is 22.0. The molecule has 3 aliphatic rings. The average Bonchev–Trinajstić information content (AvgIpc) is 3.19. The number of carbonyl (C=O) groups excluding carboxylic acids is 1. The van der Waals surface area contributed by atoms with Crippen molar-refractivity contribution in [3.8, 4) is 0 Å². The van der Waals surface area contributed by atoms with E-state index >= 15 is 0 Å². The SMILES string of the molecule is CCOC(=O)N1CCC(NC2=C(C3=CC=NCC3)C(c3ccc(Cl)cc3)NN2)CC1. The molecule has 30 heavy (non-hydrogen) atoms. The minimum Gasteiger partial charge on any atom is -0.450 e. The molecule has 0 spiro atoms. The Labute approximate surface area is 182 Å². The summed E-state index contributed by atoms with van der Waals surface area (Å²) in [5.41, 5.74) is 10.4. The molecule has 0 radical (unpaired) electrons. The third-order valence-corrected chi connectivity index (χ3v) is 5.96. The molecular formula is C22H28ClN5O2. The highest BCUT2D eigenvalue weighted by Gasteiger charge is 2.31. The second-order valence-corrected chi connectivity index (χ2v) is 8.08. The summed E-state index contributed by atoms with van der Waals surface area (Å²) in [6.07, 6.45) is 6.43. The Kier molecular flexibility index (Phi) is 6.59. The lowest BCUT2D eigenvalue weighted by Crippen LogP contribution is -2.46. The van der Waals surface area contributed by atoms with Gasteiger partial charge in [-0.2, -0.15) is 0 Å². The molecule has 3 aliphatic heterocycles. The number of hydrogen-bond acceptors (Lipinski definition) is 6. The number of benzene rings is 1. The molecule has 7 nitrogen and oxygen atoms in total. The number of dihydropyridines is 1. The molecule has 3 N–H and O–H groups in total. The third-order valence-electron chi connectivity index (χ3n) is 5.71. The topological polar surface area (TPSA) is 78.0 Å². The van der Waals surface area contributed by atoms with Gasteiger partial charge in [0.25, 0.3) is 0 Å². The van der Waals surface area contributed by atoms with Gasteiger partial charge in [0.1, 0.15) is 5.82 Å². The predicted octanol–water partition coefficient (Wildman–Crippen LogP) is 3.31. The fraction of sp³-hybridized carbons (Fsp3) is 0.455. The summed E-state index contributed by atoms with van der Waals surface area (Å²) in [4.78, 5) is 18.1. The van der Waals surface area contributed by atoms with Crippen LogP contribution in [0, 0.1) is 0 Å². The average molecular weight is 430 g/mol. The summed E-state index contributed by atoms with van der Waals surface area (Å²) in [6, 6.07) is 8.27. The van der Waals surface area contributed by atoms with E-state index in [2.05, 4.69) is 39.4 Å². The second-order valence-electron chi connectivity index (χ2n) is 7.64. The van der Waals surface area contributed by atoms with Gasteiger partial charge in [-0.15, -0.1) is 0 Å². The Morgan fingerprint density at radius 2 is 2.07 bits per heavy atom. The van der Waals surface area contributed by atoms with Crippen molar-refractivity contribution in [3.63, 3.8) is 0 Å². The zero-order valence-corrected chi connectivity index (χ0v) is 17.9. The number of amides is 1. The largest absolute Gasteiger partial charge is 0.450 e. The quantitative estimate of drug-likeness (QED) is 0.669. The second kappa shape index (κ2) is 9.53. The van der Waals surface area contributed by atoms with Crippen LogP contribution in [-0.4, -0.2) is 49.5 Å². The number of hydrazine groups is 1. The standard InChI is InChI=1S/C22H28ClN5O2/c1-2-30-22(29)28-13-9-18(10-14-28)25-21-19(15-7-11-24-12-8-15)20(26-27-21)16-3-5-17(23)6-4-16/h3-7,11,18,20,25-27H,2,8-10,12-14H2,1H3. The maximum Gasteiger partial charge on any atom is 0.409 e. The number of nitrogens with zero attached hydrogens (tertiary/aromatic N) is 2. The van der Waals surface area contributed by atoms with E-state index in [1.807, 2.05) is 25.3 Å². The summed E-state index contributed by atoms with van der Waals surface area (Å²) < 4.78 is 5.12. The van der Waals surface area contributed by atoms with Crippen molar-refractivity contribution in [2.75, 3.05) is 26.2 Å². The van der Waals surface area contributed by atoms with E-state index in [1.165, 1.54) is 11.1 Å². The van der Waals surface area contributed by atoms with E-state index in [1.54, 1.807) is 4.90 Å². The Bertz CT molecular complexity index is 857. The van der Waals surface area contributed by atoms with Crippen LogP contribution in [0.4, 0.5) is 4.79 Å². The molecule has 0 aliphatic carbocycles. The molecule has 3 heterocycles. The summed E-state index contributed by atoms with van der Waals surface area (Å²) in [7, 11) is 0. The first-order chi connectivity index (χ1) is 14.7. The molecule has 1 fully saturated rings. The summed E-state index contributed by atoms with van der Waals surface area (Å²) in [5, 5.41) is 4.41. The number of allylic oxidation sites excluding steroid dienone is 1. The molecule has 1 aromatic carbocycles. The molecule has 0 aromatic heterocycles. The highest BCUT2D eigenvalue weighted by Crippen LogP contribution is 2.34. The van der Waals surface area contributed by atoms with Crippen LogP contribution in [0.1, 0.15) is 37.8 Å². The van der Waals surface area contributed by atoms with Crippen molar-refractivity contribution in [2.24, 2.45) is 4.99 Å². The van der Waals surface area contributed by atoms with Gasteiger partial charge in [-0.3, -0.25) is 4.99 Å². The Morgan fingerprint density at radius 3 is 2.73 bits per heavy atom. The molecular weight excluding hydrogens is 402 g/mol. The summed E-state index contributed by atoms with van der Waals surface area (Å²) in [5.74, 6) is 1.01. The first-order valence-electron chi connectivity index (χ1n) is 10.5. The number of carbonyl (C=O) groups is 1. The van der Waals surface area contributed by atoms with Crippen LogP contribution < -0.4 is 16.2 Å². The van der Waals surface area contributed by atoms with Crippen molar-refractivity contribution >= 4 is 23.9 Å². The highest BCUT2D eigenvalue weighted by atomic mass is 35.5. The van der Waals surface area contributed by atoms with Gasteiger partial charge >= 0.3 is 6.09 Å². The monoisotopic (exact) mass is 429 g/mol. The molecule has 1 unspecified atom stereocenters. The first-order valence-corrected chi connectivity index (χ1v) is 10.9. The molecule has 4 rings (SSSR count). The predicted molar refractivity (Wildman–Crippen MR) is 118 cm³/mol. The van der Waals surface area contributed by atoms with E-state index in [9.17, 15) is 4.79 Å². The van der Waals surface area contributed by atoms with E-state index < -0.39 is 0 Å². The van der Waals surface area contributed by atoms with Crippen LogP contribution >= 0.6 is 11.6 Å². The fourth-order valence-corrected chi connectivity index (χ4v) is 4.25. The van der Waals surface area contributed by atoms with Crippen molar-refractivity contribution in [2.45, 2.75) is 38.3 Å². The first kappa shape index (κ1) is 20.8. The molecule has 1 saturated heterocycles. The number of hydrogen-bond donors (Lipinski definition) is 3. The zero-order valence-electron chi connectivity index (χ0n) is 17.2. The van der Waals surface area contributed by atoms with Crippen molar-refractivity contribution in [3.05, 3.63) is 57.9 Å². The van der Waals surface area contributed by atoms with E-state index in [4.69, 9.17) is 16.3 Å². The number of likely N-dealkylation sites (tertiary alicyclic amines) is 1. The maximum atomic E-state index is 12.0. The van der Waals surface area contributed by atoms with E-state index in [0.29, 0.717) is 19.7 Å². The summed E-state index contributed by atoms with van der Waals surface area (Å²) in [6.45, 7) is 4.44. The maximum absolute atomic E-state index is 12.0. The molecule has 1 aromatic rings. The van der Waals surface area contributed by atoms with Crippen LogP contribution in [0.2, 0.25) is 5.02 Å². The van der Waals surface area contributed by atoms with Gasteiger partial charge in [0.05, 0.1) is 12.6 Å². The van der Waals surface area contributed by atoms with E-state index in [0.717, 1.165) is 42.2 Å². The van der Waals surface area contributed by atoms with Crippen molar-refractivity contribution < 1.29 is 9.53 Å². The number of ether oxygens (including phenoxy) is 1. The summed E-state index contributed by atoms with van der Waals surface area (Å²) >= 11 is 6.09. The molecule has 8 heteroatoms. The van der Waals surface area contributed by atoms with Gasteiger partial charge < -0.3 is 20.4 Å². The van der Waals surface area contributed by atoms with Crippen molar-refractivity contribution in [1.82, 2.24) is 21.1 Å². The third kappa shape index (κ3) is 4.63. The number of halogens is 1.